The number of hydrogen-bond donors (Lipinski definition) is 0. The molecule has 1 aliphatic carbocycles. The van der Waals surface area contributed by atoms with Crippen molar-refractivity contribution in [3.8, 4) is 67.1 Å². The van der Waals surface area contributed by atoms with Crippen LogP contribution in [0.15, 0.2) is 200 Å². The number of benzene rings is 9. The zero-order valence-corrected chi connectivity index (χ0v) is 31.9. The smallest absolute Gasteiger partial charge is 0.135 e. The van der Waals surface area contributed by atoms with Gasteiger partial charge in [0.2, 0.25) is 0 Å². The molecule has 57 heavy (non-hydrogen) atoms. The molecule has 9 aromatic rings. The monoisotopic (exact) mass is 729 g/mol. The largest absolute Gasteiger partial charge is 0.456 e. The van der Waals surface area contributed by atoms with Gasteiger partial charge < -0.3 is 9.64 Å². The number of anilines is 3. The molecule has 0 spiro atoms. The molecule has 270 valence electrons. The lowest BCUT2D eigenvalue weighted by atomic mass is 9.82. The van der Waals surface area contributed by atoms with Crippen molar-refractivity contribution in [3.63, 3.8) is 0 Å². The molecule has 0 saturated heterocycles. The van der Waals surface area contributed by atoms with Gasteiger partial charge in [-0.1, -0.05) is 153 Å². The van der Waals surface area contributed by atoms with Gasteiger partial charge in [-0.3, -0.25) is 0 Å². The fourth-order valence-corrected chi connectivity index (χ4v) is 9.14. The average Bonchev–Trinajstić information content (AvgIpc) is 3.40. The number of fused-ring (bicyclic) bond motifs is 9. The van der Waals surface area contributed by atoms with Crippen LogP contribution in [-0.4, -0.2) is 0 Å². The highest BCUT2D eigenvalue weighted by atomic mass is 16.5. The first-order valence-corrected chi connectivity index (χ1v) is 19.7. The van der Waals surface area contributed by atoms with Crippen LogP contribution in [0.3, 0.4) is 0 Å². The highest BCUT2D eigenvalue weighted by molar-refractivity contribution is 5.99. The van der Waals surface area contributed by atoms with Crippen molar-refractivity contribution < 1.29 is 4.74 Å². The molecule has 0 radical (unpaired) electrons. The second-order valence-electron chi connectivity index (χ2n) is 15.8. The molecule has 1 heterocycles. The second kappa shape index (κ2) is 13.0. The third-order valence-corrected chi connectivity index (χ3v) is 12.0. The maximum atomic E-state index is 6.97. The fourth-order valence-electron chi connectivity index (χ4n) is 9.14. The third-order valence-electron chi connectivity index (χ3n) is 12.0. The van der Waals surface area contributed by atoms with Crippen LogP contribution in [0.4, 0.5) is 17.1 Å². The molecular weight excluding hydrogens is 691 g/mol. The van der Waals surface area contributed by atoms with Gasteiger partial charge in [0, 0.05) is 33.6 Å². The minimum Gasteiger partial charge on any atom is -0.456 e. The van der Waals surface area contributed by atoms with Gasteiger partial charge in [0.05, 0.1) is 0 Å². The van der Waals surface area contributed by atoms with Crippen LogP contribution in [-0.2, 0) is 5.41 Å². The molecule has 0 amide bonds. The van der Waals surface area contributed by atoms with Crippen molar-refractivity contribution in [2.45, 2.75) is 19.3 Å². The van der Waals surface area contributed by atoms with Gasteiger partial charge in [0.15, 0.2) is 0 Å². The van der Waals surface area contributed by atoms with E-state index in [0.717, 1.165) is 56.2 Å². The Labute approximate surface area is 333 Å². The summed E-state index contributed by atoms with van der Waals surface area (Å²) in [6, 6.07) is 72.7. The normalized spacial score (nSPS) is 13.0. The van der Waals surface area contributed by atoms with E-state index < -0.39 is 0 Å². The van der Waals surface area contributed by atoms with E-state index in [9.17, 15) is 0 Å². The summed E-state index contributed by atoms with van der Waals surface area (Å²) in [5.74, 6) is 1.70. The Bertz CT molecular complexity index is 3020. The number of ether oxygens (including phenoxy) is 1. The van der Waals surface area contributed by atoms with Crippen molar-refractivity contribution in [2.75, 3.05) is 4.90 Å². The van der Waals surface area contributed by atoms with E-state index in [1.165, 1.54) is 49.9 Å². The first-order valence-electron chi connectivity index (χ1n) is 19.7. The topological polar surface area (TPSA) is 12.5 Å². The zero-order valence-electron chi connectivity index (χ0n) is 31.9. The Morgan fingerprint density at radius 1 is 0.333 bits per heavy atom. The van der Waals surface area contributed by atoms with Gasteiger partial charge in [-0.25, -0.2) is 0 Å². The quantitative estimate of drug-likeness (QED) is 0.175. The lowest BCUT2D eigenvalue weighted by Gasteiger charge is -2.29. The molecule has 0 aromatic heterocycles. The molecule has 9 aromatic carbocycles. The molecule has 0 fully saturated rings. The molecule has 11 rings (SSSR count). The molecule has 2 aliphatic rings. The van der Waals surface area contributed by atoms with Crippen LogP contribution in [0.5, 0.6) is 11.5 Å². The first kappa shape index (κ1) is 33.2. The summed E-state index contributed by atoms with van der Waals surface area (Å²) < 4.78 is 6.97. The number of rotatable bonds is 5. The van der Waals surface area contributed by atoms with Crippen molar-refractivity contribution in [1.29, 1.82) is 0 Å². The van der Waals surface area contributed by atoms with E-state index in [1.807, 2.05) is 0 Å². The molecule has 0 saturated carbocycles. The zero-order chi connectivity index (χ0) is 38.1. The second-order valence-corrected chi connectivity index (χ2v) is 15.8. The summed E-state index contributed by atoms with van der Waals surface area (Å²) in [6.07, 6.45) is 0. The van der Waals surface area contributed by atoms with Crippen LogP contribution >= 0.6 is 0 Å². The Morgan fingerprint density at radius 2 is 0.912 bits per heavy atom. The molecular formula is C55H39NO. The van der Waals surface area contributed by atoms with Gasteiger partial charge in [-0.2, -0.15) is 0 Å². The molecule has 0 N–H and O–H groups in total. The lowest BCUT2D eigenvalue weighted by Crippen LogP contribution is -2.16. The Hall–Kier alpha value is -7.16. The van der Waals surface area contributed by atoms with E-state index in [1.54, 1.807) is 0 Å². The Morgan fingerprint density at radius 3 is 1.70 bits per heavy atom. The third kappa shape index (κ3) is 5.48. The van der Waals surface area contributed by atoms with Gasteiger partial charge in [0.1, 0.15) is 11.5 Å². The summed E-state index contributed by atoms with van der Waals surface area (Å²) in [7, 11) is 0. The first-order chi connectivity index (χ1) is 28.0. The summed E-state index contributed by atoms with van der Waals surface area (Å²) in [5.41, 5.74) is 17.6. The van der Waals surface area contributed by atoms with Gasteiger partial charge >= 0.3 is 0 Å². The van der Waals surface area contributed by atoms with Gasteiger partial charge in [-0.15, -0.1) is 0 Å². The molecule has 2 heteroatoms. The standard InChI is InChI=1S/C55H39NO/c1-55(2)51-23-12-11-22-46(51)47-28-25-44(35-52(47)55)56(42-21-13-20-38(30-42)36-14-5-3-6-15-36)43-26-29-53-50(34-43)45-27-24-41(37-16-7-4-8-17-37)31-48(45)49-32-39-18-9-10-19-40(39)33-54(49)57-53/h3-35H,1-2H3. The molecule has 0 atom stereocenters. The predicted molar refractivity (Wildman–Crippen MR) is 238 cm³/mol. The van der Waals surface area contributed by atoms with Crippen molar-refractivity contribution in [1.82, 2.24) is 0 Å². The average molecular weight is 730 g/mol. The SMILES string of the molecule is CC1(C)c2ccccc2-c2ccc(N(c3cccc(-c4ccccc4)c3)c3ccc4c(c3)-c3ccc(-c5ccccc5)cc3-c3cc5ccccc5cc3O4)cc21. The molecule has 0 unspecified atom stereocenters. The Kier molecular flexibility index (Phi) is 7.55. The van der Waals surface area contributed by atoms with E-state index in [2.05, 4.69) is 219 Å². The highest BCUT2D eigenvalue weighted by Crippen LogP contribution is 2.53. The number of hydrogen-bond acceptors (Lipinski definition) is 2. The van der Waals surface area contributed by atoms with E-state index >= 15 is 0 Å². The molecule has 1 aliphatic heterocycles. The van der Waals surface area contributed by atoms with E-state index in [0.29, 0.717) is 0 Å². The van der Waals surface area contributed by atoms with Crippen molar-refractivity contribution in [2.24, 2.45) is 0 Å². The van der Waals surface area contributed by atoms with Gasteiger partial charge in [-0.05, 0) is 127 Å². The van der Waals surface area contributed by atoms with Crippen molar-refractivity contribution >= 4 is 27.8 Å². The minimum absolute atomic E-state index is 0.133. The molecule has 0 bridgehead atoms. The highest BCUT2D eigenvalue weighted by Gasteiger charge is 2.36. The van der Waals surface area contributed by atoms with Crippen LogP contribution < -0.4 is 9.64 Å². The van der Waals surface area contributed by atoms with E-state index in [-0.39, 0.29) is 5.41 Å². The van der Waals surface area contributed by atoms with Crippen LogP contribution in [0, 0.1) is 0 Å². The maximum absolute atomic E-state index is 6.97. The minimum atomic E-state index is -0.133. The lowest BCUT2D eigenvalue weighted by molar-refractivity contribution is 0.488. The maximum Gasteiger partial charge on any atom is 0.135 e. The van der Waals surface area contributed by atoms with Crippen LogP contribution in [0.25, 0.3) is 66.4 Å². The van der Waals surface area contributed by atoms with Crippen LogP contribution in [0.2, 0.25) is 0 Å². The summed E-state index contributed by atoms with van der Waals surface area (Å²) >= 11 is 0. The number of nitrogens with zero attached hydrogens (tertiary/aromatic N) is 1. The fraction of sp³-hybridized carbons (Fsp3) is 0.0545. The predicted octanol–water partition coefficient (Wildman–Crippen LogP) is 15.4. The summed E-state index contributed by atoms with van der Waals surface area (Å²) in [5, 5.41) is 2.34. The van der Waals surface area contributed by atoms with Gasteiger partial charge in [0.25, 0.3) is 0 Å². The van der Waals surface area contributed by atoms with E-state index in [4.69, 9.17) is 4.74 Å². The summed E-state index contributed by atoms with van der Waals surface area (Å²) in [4.78, 5) is 2.41. The van der Waals surface area contributed by atoms with Crippen molar-refractivity contribution in [3.05, 3.63) is 211 Å². The molecule has 2 nitrogen and oxygen atoms in total. The Balaban J connectivity index is 1.13. The van der Waals surface area contributed by atoms with Crippen LogP contribution in [0.1, 0.15) is 25.0 Å². The summed E-state index contributed by atoms with van der Waals surface area (Å²) in [6.45, 7) is 4.70.